The third-order valence-corrected chi connectivity index (χ3v) is 3.47. The second-order valence-corrected chi connectivity index (χ2v) is 5.19. The van der Waals surface area contributed by atoms with Gasteiger partial charge in [0.15, 0.2) is 0 Å². The van der Waals surface area contributed by atoms with Crippen LogP contribution in [0.2, 0.25) is 0 Å². The molecule has 1 saturated carbocycles. The Balaban J connectivity index is 1.87. The smallest absolute Gasteiger partial charge is 0.398 e. The number of nitrogens with two attached hydrogens (primary N) is 1. The third kappa shape index (κ3) is 2.64. The molecule has 20 heavy (non-hydrogen) atoms. The van der Waals surface area contributed by atoms with Gasteiger partial charge in [-0.15, -0.1) is 0 Å². The van der Waals surface area contributed by atoms with Gasteiger partial charge in [0.05, 0.1) is 11.8 Å². The molecule has 0 radical (unpaired) electrons. The summed E-state index contributed by atoms with van der Waals surface area (Å²) in [5.41, 5.74) is 6.45. The van der Waals surface area contributed by atoms with Crippen LogP contribution in [0.3, 0.4) is 0 Å². The van der Waals surface area contributed by atoms with Crippen LogP contribution in [0.1, 0.15) is 18.4 Å². The molecule has 106 valence electrons. The molecule has 1 aliphatic rings. The summed E-state index contributed by atoms with van der Waals surface area (Å²) in [5.74, 6) is 0.688. The predicted molar refractivity (Wildman–Crippen MR) is 69.8 cm³/mol. The van der Waals surface area contributed by atoms with Gasteiger partial charge in [-0.2, -0.15) is 18.3 Å². The van der Waals surface area contributed by atoms with Gasteiger partial charge in [-0.25, -0.2) is 0 Å². The van der Waals surface area contributed by atoms with E-state index in [2.05, 4.69) is 5.10 Å². The van der Waals surface area contributed by atoms with Crippen LogP contribution in [0.15, 0.2) is 30.6 Å². The lowest BCUT2D eigenvalue weighted by Gasteiger charge is -2.09. The van der Waals surface area contributed by atoms with Gasteiger partial charge in [0.2, 0.25) is 0 Å². The molecule has 2 aromatic rings. The first-order valence-electron chi connectivity index (χ1n) is 6.43. The van der Waals surface area contributed by atoms with E-state index >= 15 is 0 Å². The number of anilines is 1. The molecule has 3 nitrogen and oxygen atoms in total. The van der Waals surface area contributed by atoms with Crippen molar-refractivity contribution in [2.75, 3.05) is 5.73 Å². The molecule has 1 fully saturated rings. The largest absolute Gasteiger partial charge is 0.416 e. The van der Waals surface area contributed by atoms with Crippen LogP contribution in [0.5, 0.6) is 0 Å². The number of alkyl halides is 3. The lowest BCUT2D eigenvalue weighted by Crippen LogP contribution is -2.05. The van der Waals surface area contributed by atoms with E-state index in [4.69, 9.17) is 5.73 Å². The van der Waals surface area contributed by atoms with E-state index in [0.717, 1.165) is 24.2 Å². The second kappa shape index (κ2) is 4.54. The molecule has 0 saturated heterocycles. The topological polar surface area (TPSA) is 43.8 Å². The van der Waals surface area contributed by atoms with Crippen LogP contribution in [0.4, 0.5) is 18.9 Å². The fourth-order valence-corrected chi connectivity index (χ4v) is 2.17. The molecular formula is C14H14F3N3. The van der Waals surface area contributed by atoms with Gasteiger partial charge in [0.1, 0.15) is 0 Å². The van der Waals surface area contributed by atoms with E-state index in [1.807, 2.05) is 10.9 Å². The van der Waals surface area contributed by atoms with Crippen molar-refractivity contribution in [2.24, 2.45) is 5.92 Å². The molecule has 2 N–H and O–H groups in total. The van der Waals surface area contributed by atoms with Crippen molar-refractivity contribution in [1.82, 2.24) is 9.78 Å². The summed E-state index contributed by atoms with van der Waals surface area (Å²) in [5, 5.41) is 4.22. The van der Waals surface area contributed by atoms with E-state index in [1.54, 1.807) is 6.20 Å². The van der Waals surface area contributed by atoms with Gasteiger partial charge in [0, 0.05) is 29.6 Å². The van der Waals surface area contributed by atoms with Crippen molar-refractivity contribution in [1.29, 1.82) is 0 Å². The number of hydrogen-bond acceptors (Lipinski definition) is 2. The first-order chi connectivity index (χ1) is 9.43. The van der Waals surface area contributed by atoms with Crippen molar-refractivity contribution in [3.05, 3.63) is 36.2 Å². The SMILES string of the molecule is Nc1cc(C(F)(F)F)ccc1-c1cnn(CC2CC2)c1. The quantitative estimate of drug-likeness (QED) is 0.874. The van der Waals surface area contributed by atoms with E-state index in [-0.39, 0.29) is 5.69 Å². The summed E-state index contributed by atoms with van der Waals surface area (Å²) < 4.78 is 39.6. The highest BCUT2D eigenvalue weighted by atomic mass is 19.4. The minimum absolute atomic E-state index is 0.116. The molecule has 6 heteroatoms. The van der Waals surface area contributed by atoms with Crippen LogP contribution in [-0.4, -0.2) is 9.78 Å². The summed E-state index contributed by atoms with van der Waals surface area (Å²) in [7, 11) is 0. The number of rotatable bonds is 3. The molecular weight excluding hydrogens is 267 g/mol. The maximum absolute atomic E-state index is 12.6. The van der Waals surface area contributed by atoms with Crippen LogP contribution in [0.25, 0.3) is 11.1 Å². The van der Waals surface area contributed by atoms with Crippen LogP contribution in [0, 0.1) is 5.92 Å². The Bertz CT molecular complexity index is 627. The highest BCUT2D eigenvalue weighted by Crippen LogP contribution is 2.35. The van der Waals surface area contributed by atoms with Gasteiger partial charge in [0.25, 0.3) is 0 Å². The molecule has 3 rings (SSSR count). The normalized spacial score (nSPS) is 15.6. The highest BCUT2D eigenvalue weighted by Gasteiger charge is 2.31. The maximum atomic E-state index is 12.6. The molecule has 1 aromatic heterocycles. The minimum atomic E-state index is -4.37. The summed E-state index contributed by atoms with van der Waals surface area (Å²) in [6, 6.07) is 3.41. The van der Waals surface area contributed by atoms with Crippen LogP contribution < -0.4 is 5.73 Å². The number of aromatic nitrogens is 2. The first-order valence-corrected chi connectivity index (χ1v) is 6.43. The van der Waals surface area contributed by atoms with Crippen molar-refractivity contribution < 1.29 is 13.2 Å². The van der Waals surface area contributed by atoms with Gasteiger partial charge in [-0.3, -0.25) is 4.68 Å². The Kier molecular flexibility index (Phi) is 2.96. The number of nitrogen functional groups attached to an aromatic ring is 1. The zero-order valence-electron chi connectivity index (χ0n) is 10.7. The monoisotopic (exact) mass is 281 g/mol. The number of hydrogen-bond donors (Lipinski definition) is 1. The minimum Gasteiger partial charge on any atom is -0.398 e. The van der Waals surface area contributed by atoms with E-state index in [0.29, 0.717) is 11.5 Å². The van der Waals surface area contributed by atoms with Crippen LogP contribution >= 0.6 is 0 Å². The van der Waals surface area contributed by atoms with Gasteiger partial charge in [-0.1, -0.05) is 6.07 Å². The van der Waals surface area contributed by atoms with E-state index in [1.165, 1.54) is 18.9 Å². The lowest BCUT2D eigenvalue weighted by atomic mass is 10.0. The van der Waals surface area contributed by atoms with Gasteiger partial charge >= 0.3 is 6.18 Å². The molecule has 0 spiro atoms. The van der Waals surface area contributed by atoms with Crippen LogP contribution in [-0.2, 0) is 12.7 Å². The Hall–Kier alpha value is -1.98. The number of halogens is 3. The Labute approximate surface area is 114 Å². The molecule has 0 atom stereocenters. The number of nitrogens with zero attached hydrogens (tertiary/aromatic N) is 2. The molecule has 0 unspecified atom stereocenters. The molecule has 0 bridgehead atoms. The summed E-state index contributed by atoms with van der Waals surface area (Å²) >= 11 is 0. The van der Waals surface area contributed by atoms with Crippen molar-refractivity contribution in [3.63, 3.8) is 0 Å². The standard InChI is InChI=1S/C14H14F3N3/c15-14(16,17)11-3-4-12(13(18)5-11)10-6-19-20(8-10)7-9-1-2-9/h3-6,8-9H,1-2,7,18H2. The molecule has 1 aromatic carbocycles. The Morgan fingerprint density at radius 2 is 2.05 bits per heavy atom. The average Bonchev–Trinajstić information content (AvgIpc) is 3.05. The molecule has 0 aliphatic heterocycles. The average molecular weight is 281 g/mol. The molecule has 1 heterocycles. The molecule has 0 amide bonds. The highest BCUT2D eigenvalue weighted by molar-refractivity contribution is 5.76. The summed E-state index contributed by atoms with van der Waals surface area (Å²) in [4.78, 5) is 0. The summed E-state index contributed by atoms with van der Waals surface area (Å²) in [6.45, 7) is 0.862. The third-order valence-electron chi connectivity index (χ3n) is 3.47. The zero-order chi connectivity index (χ0) is 14.3. The summed E-state index contributed by atoms with van der Waals surface area (Å²) in [6.07, 6.45) is 1.54. The van der Waals surface area contributed by atoms with E-state index in [9.17, 15) is 13.2 Å². The second-order valence-electron chi connectivity index (χ2n) is 5.19. The molecule has 1 aliphatic carbocycles. The van der Waals surface area contributed by atoms with Gasteiger partial charge in [-0.05, 0) is 30.9 Å². The number of benzene rings is 1. The fraction of sp³-hybridized carbons (Fsp3) is 0.357. The van der Waals surface area contributed by atoms with Crippen molar-refractivity contribution in [2.45, 2.75) is 25.6 Å². The Morgan fingerprint density at radius 3 is 2.65 bits per heavy atom. The van der Waals surface area contributed by atoms with Crippen molar-refractivity contribution >= 4 is 5.69 Å². The van der Waals surface area contributed by atoms with Crippen molar-refractivity contribution in [3.8, 4) is 11.1 Å². The zero-order valence-corrected chi connectivity index (χ0v) is 10.7. The predicted octanol–water partition coefficient (Wildman–Crippen LogP) is 3.56. The fourth-order valence-electron chi connectivity index (χ4n) is 2.17. The maximum Gasteiger partial charge on any atom is 0.416 e. The van der Waals surface area contributed by atoms with E-state index < -0.39 is 11.7 Å². The first kappa shape index (κ1) is 13.0. The Morgan fingerprint density at radius 1 is 1.30 bits per heavy atom. The van der Waals surface area contributed by atoms with Gasteiger partial charge < -0.3 is 5.73 Å². The lowest BCUT2D eigenvalue weighted by molar-refractivity contribution is -0.137.